The first-order valence-electron chi connectivity index (χ1n) is 14.6. The van der Waals surface area contributed by atoms with E-state index in [1.165, 1.54) is 4.88 Å². The molecule has 5 nitrogen and oxygen atoms in total. The molecule has 0 bridgehead atoms. The highest BCUT2D eigenvalue weighted by atomic mass is 35.5. The second kappa shape index (κ2) is 12.0. The van der Waals surface area contributed by atoms with E-state index in [2.05, 4.69) is 49.7 Å². The van der Waals surface area contributed by atoms with Gasteiger partial charge in [0.15, 0.2) is 0 Å². The molecule has 3 aromatic heterocycles. The van der Waals surface area contributed by atoms with Crippen LogP contribution in [0.15, 0.2) is 70.3 Å². The number of hydrogen-bond acceptors (Lipinski definition) is 4. The molecule has 0 saturated heterocycles. The molecule has 1 aliphatic carbocycles. The van der Waals surface area contributed by atoms with Crippen LogP contribution in [0.25, 0.3) is 10.9 Å². The first kappa shape index (κ1) is 29.7. The molecule has 222 valence electrons. The Balaban J connectivity index is 1.38. The molecule has 1 amide bonds. The molecule has 0 radical (unpaired) electrons. The highest BCUT2D eigenvalue weighted by Crippen LogP contribution is 2.45. The molecule has 0 unspecified atom stereocenters. The van der Waals surface area contributed by atoms with Crippen molar-refractivity contribution in [3.8, 4) is 0 Å². The lowest BCUT2D eigenvalue weighted by Gasteiger charge is -2.33. The standard InChI is InChI=1S/C35H35Cl2N3O2S/c1-21-28(26-9-5-6-10-30(26)40(21)20-22-11-13-24(36)17-29(22)37)19-39-34-32(33(41)38-18-25-8-7-15-42-25)27-14-12-23(35(2,3)4)16-31(27)43-34/h5-11,13,15,17,19,23H,12,14,16,18,20H2,1-4H3,(H,38,41)/t23-/m0/s1. The summed E-state index contributed by atoms with van der Waals surface area (Å²) in [4.78, 5) is 20.0. The number of carbonyl (C=O) groups is 1. The maximum Gasteiger partial charge on any atom is 0.255 e. The molecule has 0 saturated carbocycles. The lowest BCUT2D eigenvalue weighted by Crippen LogP contribution is -2.28. The molecule has 2 aromatic carbocycles. The van der Waals surface area contributed by atoms with Crippen molar-refractivity contribution in [1.29, 1.82) is 0 Å². The monoisotopic (exact) mass is 631 g/mol. The molecule has 1 N–H and O–H groups in total. The van der Waals surface area contributed by atoms with Gasteiger partial charge < -0.3 is 14.3 Å². The number of thiophene rings is 1. The highest BCUT2D eigenvalue weighted by Gasteiger charge is 2.33. The number of rotatable bonds is 7. The van der Waals surface area contributed by atoms with Gasteiger partial charge in [0, 0.05) is 49.8 Å². The van der Waals surface area contributed by atoms with E-state index < -0.39 is 0 Å². The van der Waals surface area contributed by atoms with E-state index in [0.717, 1.165) is 63.3 Å². The molecule has 6 rings (SSSR count). The average Bonchev–Trinajstić information content (AvgIpc) is 3.68. The van der Waals surface area contributed by atoms with E-state index >= 15 is 0 Å². The van der Waals surface area contributed by atoms with Gasteiger partial charge in [0.25, 0.3) is 5.91 Å². The van der Waals surface area contributed by atoms with Gasteiger partial charge in [0.2, 0.25) is 0 Å². The van der Waals surface area contributed by atoms with Gasteiger partial charge in [0.1, 0.15) is 10.8 Å². The van der Waals surface area contributed by atoms with Gasteiger partial charge >= 0.3 is 0 Å². The van der Waals surface area contributed by atoms with Gasteiger partial charge in [-0.3, -0.25) is 4.79 Å². The summed E-state index contributed by atoms with van der Waals surface area (Å²) in [6, 6.07) is 17.6. The van der Waals surface area contributed by atoms with Crippen LogP contribution in [0, 0.1) is 18.3 Å². The van der Waals surface area contributed by atoms with Crippen LogP contribution < -0.4 is 5.32 Å². The zero-order chi connectivity index (χ0) is 30.3. The summed E-state index contributed by atoms with van der Waals surface area (Å²) >= 11 is 14.4. The van der Waals surface area contributed by atoms with Crippen molar-refractivity contribution < 1.29 is 9.21 Å². The summed E-state index contributed by atoms with van der Waals surface area (Å²) in [6.07, 6.45) is 6.47. The zero-order valence-corrected chi connectivity index (χ0v) is 27.2. The molecular weight excluding hydrogens is 597 g/mol. The molecule has 0 spiro atoms. The van der Waals surface area contributed by atoms with Crippen LogP contribution in [-0.4, -0.2) is 16.7 Å². The second-order valence-electron chi connectivity index (χ2n) is 12.3. The van der Waals surface area contributed by atoms with E-state index in [9.17, 15) is 4.79 Å². The minimum atomic E-state index is -0.105. The Labute approximate surface area is 266 Å². The summed E-state index contributed by atoms with van der Waals surface area (Å²) in [6.45, 7) is 9.98. The molecule has 0 aliphatic heterocycles. The normalized spacial score (nSPS) is 15.3. The topological polar surface area (TPSA) is 59.5 Å². The number of furan rings is 1. The molecular formula is C35H35Cl2N3O2S. The Hall–Kier alpha value is -3.32. The number of benzene rings is 2. The fraction of sp³-hybridized carbons (Fsp3) is 0.314. The Bertz CT molecular complexity index is 1830. The number of nitrogens with one attached hydrogen (secondary N) is 1. The van der Waals surface area contributed by atoms with Gasteiger partial charge in [-0.15, -0.1) is 11.3 Å². The minimum Gasteiger partial charge on any atom is -0.467 e. The van der Waals surface area contributed by atoms with Crippen LogP contribution in [0.3, 0.4) is 0 Å². The molecule has 5 aromatic rings. The fourth-order valence-electron chi connectivity index (χ4n) is 6.07. The number of fused-ring (bicyclic) bond motifs is 2. The van der Waals surface area contributed by atoms with E-state index in [0.29, 0.717) is 34.6 Å². The number of amides is 1. The number of aliphatic imine (C=N–C) groups is 1. The van der Waals surface area contributed by atoms with E-state index in [1.54, 1.807) is 23.7 Å². The molecule has 0 fully saturated rings. The molecule has 1 atom stereocenters. The van der Waals surface area contributed by atoms with E-state index in [4.69, 9.17) is 32.6 Å². The summed E-state index contributed by atoms with van der Waals surface area (Å²) in [5.41, 5.74) is 6.25. The average molecular weight is 633 g/mol. The maximum atomic E-state index is 13.7. The van der Waals surface area contributed by atoms with Crippen molar-refractivity contribution in [1.82, 2.24) is 9.88 Å². The largest absolute Gasteiger partial charge is 0.467 e. The molecule has 8 heteroatoms. The van der Waals surface area contributed by atoms with Gasteiger partial charge in [-0.2, -0.15) is 0 Å². The Kier molecular flexibility index (Phi) is 8.29. The number of aromatic nitrogens is 1. The quantitative estimate of drug-likeness (QED) is 0.182. The van der Waals surface area contributed by atoms with E-state index in [1.807, 2.05) is 42.6 Å². The van der Waals surface area contributed by atoms with Crippen LogP contribution in [-0.2, 0) is 25.9 Å². The highest BCUT2D eigenvalue weighted by molar-refractivity contribution is 7.16. The summed E-state index contributed by atoms with van der Waals surface area (Å²) < 4.78 is 7.71. The third-order valence-corrected chi connectivity index (χ3v) is 10.4. The zero-order valence-electron chi connectivity index (χ0n) is 24.8. The van der Waals surface area contributed by atoms with E-state index in [-0.39, 0.29) is 11.3 Å². The van der Waals surface area contributed by atoms with Gasteiger partial charge in [-0.25, -0.2) is 4.99 Å². The fourth-order valence-corrected chi connectivity index (χ4v) is 7.81. The first-order chi connectivity index (χ1) is 20.6. The van der Waals surface area contributed by atoms with Crippen LogP contribution in [0.2, 0.25) is 10.0 Å². The lowest BCUT2D eigenvalue weighted by molar-refractivity contribution is 0.0947. The van der Waals surface area contributed by atoms with Crippen molar-refractivity contribution in [2.75, 3.05) is 0 Å². The third kappa shape index (κ3) is 6.06. The summed E-state index contributed by atoms with van der Waals surface area (Å²) in [5.74, 6) is 1.18. The smallest absolute Gasteiger partial charge is 0.255 e. The SMILES string of the molecule is Cc1c(C=Nc2sc3c(c2C(=O)NCc2ccco2)CC[C@H](C(C)(C)C)C3)c2ccccc2n1Cc1ccc(Cl)cc1Cl. The van der Waals surface area contributed by atoms with Crippen LogP contribution in [0.1, 0.15) is 70.6 Å². The van der Waals surface area contributed by atoms with Crippen LogP contribution in [0.5, 0.6) is 0 Å². The second-order valence-corrected chi connectivity index (χ2v) is 14.3. The number of hydrogen-bond donors (Lipinski definition) is 1. The number of halogens is 2. The molecule has 43 heavy (non-hydrogen) atoms. The van der Waals surface area contributed by atoms with Gasteiger partial charge in [-0.1, -0.05) is 68.2 Å². The van der Waals surface area contributed by atoms with Crippen molar-refractivity contribution in [3.63, 3.8) is 0 Å². The number of para-hydroxylation sites is 1. The Morgan fingerprint density at radius 3 is 2.72 bits per heavy atom. The number of carbonyl (C=O) groups excluding carboxylic acids is 1. The van der Waals surface area contributed by atoms with Crippen molar-refractivity contribution in [3.05, 3.63) is 109 Å². The minimum absolute atomic E-state index is 0.105. The van der Waals surface area contributed by atoms with Crippen LogP contribution >= 0.6 is 34.5 Å². The molecule has 3 heterocycles. The first-order valence-corrected chi connectivity index (χ1v) is 16.2. The lowest BCUT2D eigenvalue weighted by atomic mass is 9.72. The Morgan fingerprint density at radius 2 is 1.98 bits per heavy atom. The van der Waals surface area contributed by atoms with Gasteiger partial charge in [-0.05, 0) is 79.0 Å². The van der Waals surface area contributed by atoms with Crippen LogP contribution in [0.4, 0.5) is 5.00 Å². The molecule has 1 aliphatic rings. The predicted octanol–water partition coefficient (Wildman–Crippen LogP) is 9.79. The van der Waals surface area contributed by atoms with Gasteiger partial charge in [0.05, 0.1) is 18.4 Å². The third-order valence-electron chi connectivity index (χ3n) is 8.64. The maximum absolute atomic E-state index is 13.7. The number of nitrogens with zero attached hydrogens (tertiary/aromatic N) is 2. The van der Waals surface area contributed by atoms with Crippen molar-refractivity contribution in [2.24, 2.45) is 16.3 Å². The summed E-state index contributed by atoms with van der Waals surface area (Å²) in [7, 11) is 0. The summed E-state index contributed by atoms with van der Waals surface area (Å²) in [5, 5.41) is 6.19. The van der Waals surface area contributed by atoms with Crippen molar-refractivity contribution >= 4 is 62.6 Å². The predicted molar refractivity (Wildman–Crippen MR) is 179 cm³/mol. The van der Waals surface area contributed by atoms with Crippen molar-refractivity contribution in [2.45, 2.75) is 60.0 Å². The Morgan fingerprint density at radius 1 is 1.16 bits per heavy atom.